The average molecular weight is 381 g/mol. The molecule has 0 saturated carbocycles. The van der Waals surface area contributed by atoms with Gasteiger partial charge in [-0.15, -0.1) is 0 Å². The quantitative estimate of drug-likeness (QED) is 0.739. The summed E-state index contributed by atoms with van der Waals surface area (Å²) >= 11 is 0. The highest BCUT2D eigenvalue weighted by Crippen LogP contribution is 2.25. The van der Waals surface area contributed by atoms with E-state index in [9.17, 15) is 21.6 Å². The van der Waals surface area contributed by atoms with Crippen molar-refractivity contribution in [2.45, 2.75) is 10.9 Å². The summed E-state index contributed by atoms with van der Waals surface area (Å²) < 4.78 is 70.2. The van der Waals surface area contributed by atoms with Gasteiger partial charge in [0.05, 0.1) is 0 Å². The van der Waals surface area contributed by atoms with Gasteiger partial charge in [0.15, 0.2) is 4.90 Å². The molecule has 9 heteroatoms. The Bertz CT molecular complexity index is 1010. The van der Waals surface area contributed by atoms with Crippen LogP contribution in [0.15, 0.2) is 59.8 Å². The lowest BCUT2D eigenvalue weighted by molar-refractivity contribution is 0.508. The SMILES string of the molecule is Cn1ccnc1C(NS(=O)(=O)c1c(F)cccc1F)c1ccc(F)cc1. The van der Waals surface area contributed by atoms with Crippen molar-refractivity contribution in [3.63, 3.8) is 0 Å². The standard InChI is InChI=1S/C17H14F3N3O2S/c1-23-10-9-21-17(23)15(11-5-7-12(18)8-6-11)22-26(24,25)16-13(19)3-2-4-14(16)20/h2-10,15,22H,1H3. The van der Waals surface area contributed by atoms with Crippen LogP contribution in [-0.2, 0) is 17.1 Å². The molecule has 5 nitrogen and oxygen atoms in total. The first kappa shape index (κ1) is 18.2. The van der Waals surface area contributed by atoms with Gasteiger partial charge in [-0.1, -0.05) is 18.2 Å². The lowest BCUT2D eigenvalue weighted by Crippen LogP contribution is -2.32. The summed E-state index contributed by atoms with van der Waals surface area (Å²) in [5, 5.41) is 0. The fraction of sp³-hybridized carbons (Fsp3) is 0.118. The maximum atomic E-state index is 13.9. The lowest BCUT2D eigenvalue weighted by atomic mass is 10.1. The molecule has 0 aliphatic heterocycles. The van der Waals surface area contributed by atoms with Crippen LogP contribution in [0.4, 0.5) is 13.2 Å². The number of aryl methyl sites for hydroxylation is 1. The Hall–Kier alpha value is -2.65. The Morgan fingerprint density at radius 2 is 1.65 bits per heavy atom. The second-order valence-corrected chi connectivity index (χ2v) is 7.20. The van der Waals surface area contributed by atoms with E-state index in [1.54, 1.807) is 17.8 Å². The summed E-state index contributed by atoms with van der Waals surface area (Å²) in [6.07, 6.45) is 3.04. The van der Waals surface area contributed by atoms with Gasteiger partial charge in [0, 0.05) is 19.4 Å². The highest BCUT2D eigenvalue weighted by atomic mass is 32.2. The molecule has 0 aliphatic carbocycles. The number of rotatable bonds is 5. The summed E-state index contributed by atoms with van der Waals surface area (Å²) in [4.78, 5) is 3.01. The van der Waals surface area contributed by atoms with Crippen LogP contribution in [0.1, 0.15) is 17.4 Å². The third-order valence-corrected chi connectivity index (χ3v) is 5.25. The van der Waals surface area contributed by atoms with E-state index in [-0.39, 0.29) is 5.82 Å². The maximum absolute atomic E-state index is 13.9. The van der Waals surface area contributed by atoms with Crippen molar-refractivity contribution in [2.75, 3.05) is 0 Å². The third-order valence-electron chi connectivity index (χ3n) is 3.78. The number of nitrogens with zero attached hydrogens (tertiary/aromatic N) is 2. The van der Waals surface area contributed by atoms with E-state index in [1.807, 2.05) is 0 Å². The summed E-state index contributed by atoms with van der Waals surface area (Å²) in [5.41, 5.74) is 0.362. The molecule has 1 aromatic heterocycles. The van der Waals surface area contributed by atoms with Crippen molar-refractivity contribution in [1.29, 1.82) is 0 Å². The number of imidazole rings is 1. The first-order chi connectivity index (χ1) is 12.3. The highest BCUT2D eigenvalue weighted by Gasteiger charge is 2.30. The van der Waals surface area contributed by atoms with Gasteiger partial charge in [-0.05, 0) is 29.8 Å². The minimum absolute atomic E-state index is 0.275. The van der Waals surface area contributed by atoms with Gasteiger partial charge in [-0.2, -0.15) is 4.72 Å². The number of aromatic nitrogens is 2. The van der Waals surface area contributed by atoms with E-state index in [1.165, 1.54) is 18.3 Å². The first-order valence-corrected chi connectivity index (χ1v) is 8.97. The van der Waals surface area contributed by atoms with Crippen molar-refractivity contribution in [2.24, 2.45) is 7.05 Å². The zero-order valence-corrected chi connectivity index (χ0v) is 14.3. The molecular weight excluding hydrogens is 367 g/mol. The molecule has 1 N–H and O–H groups in total. The molecule has 1 heterocycles. The fourth-order valence-corrected chi connectivity index (χ4v) is 3.85. The molecule has 0 saturated heterocycles. The van der Waals surface area contributed by atoms with Crippen LogP contribution in [-0.4, -0.2) is 18.0 Å². The van der Waals surface area contributed by atoms with E-state index in [0.717, 1.165) is 30.3 Å². The molecule has 2 aromatic carbocycles. The number of hydrogen-bond donors (Lipinski definition) is 1. The monoisotopic (exact) mass is 381 g/mol. The van der Waals surface area contributed by atoms with Crippen molar-refractivity contribution in [3.05, 3.63) is 83.7 Å². The molecule has 26 heavy (non-hydrogen) atoms. The Balaban J connectivity index is 2.09. The van der Waals surface area contributed by atoms with Gasteiger partial charge < -0.3 is 4.57 Å². The Morgan fingerprint density at radius 1 is 1.04 bits per heavy atom. The Kier molecular flexibility index (Phi) is 4.84. The number of halogens is 3. The largest absolute Gasteiger partial charge is 0.336 e. The Labute approximate surface area is 148 Å². The molecule has 0 fully saturated rings. The molecule has 3 rings (SSSR count). The van der Waals surface area contributed by atoms with Crippen LogP contribution in [0.2, 0.25) is 0 Å². The van der Waals surface area contributed by atoms with E-state index in [0.29, 0.717) is 5.56 Å². The minimum atomic E-state index is -4.57. The fourth-order valence-electron chi connectivity index (χ4n) is 2.53. The van der Waals surface area contributed by atoms with Crippen LogP contribution in [0.25, 0.3) is 0 Å². The van der Waals surface area contributed by atoms with Crippen LogP contribution in [0, 0.1) is 17.5 Å². The maximum Gasteiger partial charge on any atom is 0.247 e. The molecule has 0 aliphatic rings. The van der Waals surface area contributed by atoms with Gasteiger partial charge in [-0.25, -0.2) is 26.6 Å². The van der Waals surface area contributed by atoms with E-state index >= 15 is 0 Å². The first-order valence-electron chi connectivity index (χ1n) is 7.48. The van der Waals surface area contributed by atoms with E-state index in [4.69, 9.17) is 0 Å². The summed E-state index contributed by atoms with van der Waals surface area (Å²) in [5.74, 6) is -2.65. The van der Waals surface area contributed by atoms with Crippen LogP contribution < -0.4 is 4.72 Å². The van der Waals surface area contributed by atoms with Gasteiger partial charge in [0.25, 0.3) is 0 Å². The van der Waals surface area contributed by atoms with Crippen molar-refractivity contribution in [3.8, 4) is 0 Å². The molecule has 0 amide bonds. The predicted octanol–water partition coefficient (Wildman–Crippen LogP) is 2.91. The Morgan fingerprint density at radius 3 is 2.19 bits per heavy atom. The van der Waals surface area contributed by atoms with Crippen molar-refractivity contribution < 1.29 is 21.6 Å². The van der Waals surface area contributed by atoms with Crippen LogP contribution in [0.3, 0.4) is 0 Å². The molecule has 1 atom stereocenters. The predicted molar refractivity (Wildman–Crippen MR) is 88.1 cm³/mol. The molecule has 1 unspecified atom stereocenters. The van der Waals surface area contributed by atoms with Crippen LogP contribution >= 0.6 is 0 Å². The van der Waals surface area contributed by atoms with Crippen LogP contribution in [0.5, 0.6) is 0 Å². The zero-order valence-electron chi connectivity index (χ0n) is 13.5. The van der Waals surface area contributed by atoms with Gasteiger partial charge >= 0.3 is 0 Å². The molecule has 3 aromatic rings. The lowest BCUT2D eigenvalue weighted by Gasteiger charge is -2.19. The van der Waals surface area contributed by atoms with Gasteiger partial charge in [0.1, 0.15) is 29.3 Å². The molecule has 0 spiro atoms. The number of nitrogens with one attached hydrogen (secondary N) is 1. The average Bonchev–Trinajstić information content (AvgIpc) is 2.99. The second kappa shape index (κ2) is 6.93. The minimum Gasteiger partial charge on any atom is -0.336 e. The number of sulfonamides is 1. The smallest absolute Gasteiger partial charge is 0.247 e. The van der Waals surface area contributed by atoms with Gasteiger partial charge in [-0.3, -0.25) is 0 Å². The zero-order chi connectivity index (χ0) is 18.9. The normalized spacial score (nSPS) is 12.9. The van der Waals surface area contributed by atoms with E-state index < -0.39 is 38.4 Å². The molecular formula is C17H14F3N3O2S. The molecule has 136 valence electrons. The summed E-state index contributed by atoms with van der Waals surface area (Å²) in [6, 6.07) is 6.76. The number of benzene rings is 2. The topological polar surface area (TPSA) is 64.0 Å². The number of hydrogen-bond acceptors (Lipinski definition) is 3. The summed E-state index contributed by atoms with van der Waals surface area (Å²) in [6.45, 7) is 0. The molecule has 0 radical (unpaired) electrons. The summed E-state index contributed by atoms with van der Waals surface area (Å²) in [7, 11) is -2.93. The molecule has 0 bridgehead atoms. The van der Waals surface area contributed by atoms with Gasteiger partial charge in [0.2, 0.25) is 10.0 Å². The van der Waals surface area contributed by atoms with Crippen molar-refractivity contribution >= 4 is 10.0 Å². The third kappa shape index (κ3) is 3.49. The highest BCUT2D eigenvalue weighted by molar-refractivity contribution is 7.89. The second-order valence-electron chi connectivity index (χ2n) is 5.55. The van der Waals surface area contributed by atoms with Crippen molar-refractivity contribution in [1.82, 2.24) is 14.3 Å². The van der Waals surface area contributed by atoms with E-state index in [2.05, 4.69) is 9.71 Å².